The van der Waals surface area contributed by atoms with E-state index in [1.807, 2.05) is 18.2 Å². The quantitative estimate of drug-likeness (QED) is 0.879. The van der Waals surface area contributed by atoms with Crippen molar-refractivity contribution < 1.29 is 9.90 Å². The molecule has 19 heavy (non-hydrogen) atoms. The molecule has 1 saturated carbocycles. The van der Waals surface area contributed by atoms with Gasteiger partial charge in [-0.1, -0.05) is 29.9 Å². The first-order chi connectivity index (χ1) is 9.17. The van der Waals surface area contributed by atoms with Gasteiger partial charge in [-0.25, -0.2) is 4.98 Å². The monoisotopic (exact) mass is 276 g/mol. The summed E-state index contributed by atoms with van der Waals surface area (Å²) >= 11 is 1.62. The third kappa shape index (κ3) is 2.56. The minimum absolute atomic E-state index is 0.0658. The van der Waals surface area contributed by atoms with Gasteiger partial charge in [-0.3, -0.25) is 4.79 Å². The summed E-state index contributed by atoms with van der Waals surface area (Å²) in [6.45, 7) is 0.707. The molecule has 0 spiro atoms. The molecule has 1 aliphatic carbocycles. The molecule has 3 rings (SSSR count). The first-order valence-electron chi connectivity index (χ1n) is 6.48. The molecule has 1 heterocycles. The smallest absolute Gasteiger partial charge is 0.303 e. The van der Waals surface area contributed by atoms with Crippen LogP contribution in [0.1, 0.15) is 25.7 Å². The zero-order valence-corrected chi connectivity index (χ0v) is 11.4. The normalized spacial score (nSPS) is 17.1. The highest BCUT2D eigenvalue weighted by molar-refractivity contribution is 7.22. The Hall–Kier alpha value is -1.62. The summed E-state index contributed by atoms with van der Waals surface area (Å²) in [5.41, 5.74) is 0.930. The van der Waals surface area contributed by atoms with Crippen LogP contribution in [0.2, 0.25) is 0 Å². The Bertz CT molecular complexity index is 571. The van der Waals surface area contributed by atoms with Crippen molar-refractivity contribution >= 4 is 32.7 Å². The number of nitrogens with one attached hydrogen (secondary N) is 1. The van der Waals surface area contributed by atoms with E-state index >= 15 is 0 Å². The number of carboxylic acids is 1. The van der Waals surface area contributed by atoms with Gasteiger partial charge in [-0.2, -0.15) is 0 Å². The van der Waals surface area contributed by atoms with E-state index in [4.69, 9.17) is 5.11 Å². The van der Waals surface area contributed by atoms with Crippen LogP contribution in [0, 0.1) is 5.41 Å². The van der Waals surface area contributed by atoms with E-state index in [9.17, 15) is 4.79 Å². The number of nitrogens with zero attached hydrogens (tertiary/aromatic N) is 1. The van der Waals surface area contributed by atoms with Gasteiger partial charge < -0.3 is 10.4 Å². The fourth-order valence-electron chi connectivity index (χ4n) is 2.62. The van der Waals surface area contributed by atoms with Crippen molar-refractivity contribution in [3.63, 3.8) is 0 Å². The van der Waals surface area contributed by atoms with Gasteiger partial charge in [0.25, 0.3) is 0 Å². The van der Waals surface area contributed by atoms with Crippen molar-refractivity contribution in [3.05, 3.63) is 24.3 Å². The molecule has 4 nitrogen and oxygen atoms in total. The van der Waals surface area contributed by atoms with Gasteiger partial charge in [0.1, 0.15) is 0 Å². The van der Waals surface area contributed by atoms with Gasteiger partial charge in [0.15, 0.2) is 5.13 Å². The minimum Gasteiger partial charge on any atom is -0.481 e. The van der Waals surface area contributed by atoms with Crippen molar-refractivity contribution in [1.29, 1.82) is 0 Å². The number of fused-ring (bicyclic) bond motifs is 1. The summed E-state index contributed by atoms with van der Waals surface area (Å²) in [4.78, 5) is 15.4. The zero-order chi connectivity index (χ0) is 13.3. The molecule has 0 amide bonds. The topological polar surface area (TPSA) is 62.2 Å². The third-order valence-electron chi connectivity index (χ3n) is 3.85. The molecule has 0 aliphatic heterocycles. The summed E-state index contributed by atoms with van der Waals surface area (Å²) in [6.07, 6.45) is 3.38. The van der Waals surface area contributed by atoms with Gasteiger partial charge >= 0.3 is 5.97 Å². The Morgan fingerprint density at radius 3 is 2.84 bits per heavy atom. The molecule has 2 N–H and O–H groups in total. The number of thiazole rings is 1. The van der Waals surface area contributed by atoms with Crippen LogP contribution >= 0.6 is 11.3 Å². The summed E-state index contributed by atoms with van der Waals surface area (Å²) in [7, 11) is 0. The number of para-hydroxylation sites is 1. The summed E-state index contributed by atoms with van der Waals surface area (Å²) in [5, 5.41) is 13.2. The van der Waals surface area contributed by atoms with E-state index in [2.05, 4.69) is 16.4 Å². The van der Waals surface area contributed by atoms with Crippen molar-refractivity contribution in [3.8, 4) is 0 Å². The molecule has 2 aromatic rings. The number of carboxylic acid groups (broad SMARTS) is 1. The number of aliphatic carboxylic acids is 1. The van der Waals surface area contributed by atoms with Crippen LogP contribution in [0.25, 0.3) is 10.2 Å². The molecule has 0 saturated heterocycles. The molecule has 0 bridgehead atoms. The predicted octanol–water partition coefficient (Wildman–Crippen LogP) is 3.35. The van der Waals surface area contributed by atoms with Crippen LogP contribution in [0.15, 0.2) is 24.3 Å². The average molecular weight is 276 g/mol. The number of hydrogen-bond donors (Lipinski definition) is 2. The number of aromatic nitrogens is 1. The Morgan fingerprint density at radius 2 is 2.21 bits per heavy atom. The van der Waals surface area contributed by atoms with Crippen molar-refractivity contribution in [1.82, 2.24) is 4.98 Å². The van der Waals surface area contributed by atoms with Crippen LogP contribution < -0.4 is 5.32 Å². The molecular formula is C14H16N2O2S. The number of anilines is 1. The summed E-state index contributed by atoms with van der Waals surface area (Å²) in [6, 6.07) is 8.02. The maximum absolute atomic E-state index is 10.9. The molecular weight excluding hydrogens is 260 g/mol. The van der Waals surface area contributed by atoms with Crippen molar-refractivity contribution in [2.45, 2.75) is 25.7 Å². The fourth-order valence-corrected chi connectivity index (χ4v) is 3.49. The molecule has 1 aliphatic rings. The van der Waals surface area contributed by atoms with Gasteiger partial charge in [0.05, 0.1) is 16.6 Å². The second-order valence-electron chi connectivity index (χ2n) is 5.26. The van der Waals surface area contributed by atoms with E-state index in [-0.39, 0.29) is 11.8 Å². The lowest BCUT2D eigenvalue weighted by Crippen LogP contribution is -2.38. The van der Waals surface area contributed by atoms with E-state index in [0.717, 1.165) is 34.6 Å². The lowest BCUT2D eigenvalue weighted by atomic mass is 9.66. The first kappa shape index (κ1) is 12.4. The van der Waals surface area contributed by atoms with Crippen LogP contribution in [0.3, 0.4) is 0 Å². The number of hydrogen-bond acceptors (Lipinski definition) is 4. The summed E-state index contributed by atoms with van der Waals surface area (Å²) < 4.78 is 1.16. The van der Waals surface area contributed by atoms with Gasteiger partial charge in [-0.15, -0.1) is 0 Å². The molecule has 0 unspecified atom stereocenters. The van der Waals surface area contributed by atoms with Gasteiger partial charge in [-0.05, 0) is 30.4 Å². The summed E-state index contributed by atoms with van der Waals surface area (Å²) in [5.74, 6) is -0.703. The molecule has 100 valence electrons. The fraction of sp³-hybridized carbons (Fsp3) is 0.429. The minimum atomic E-state index is -0.703. The lowest BCUT2D eigenvalue weighted by Gasteiger charge is -2.40. The lowest BCUT2D eigenvalue weighted by molar-refractivity contribution is -0.141. The van der Waals surface area contributed by atoms with Crippen molar-refractivity contribution in [2.75, 3.05) is 11.9 Å². The number of carbonyl (C=O) groups is 1. The molecule has 5 heteroatoms. The van der Waals surface area contributed by atoms with E-state index in [0.29, 0.717) is 6.54 Å². The highest BCUT2D eigenvalue weighted by atomic mass is 32.1. The third-order valence-corrected chi connectivity index (χ3v) is 4.84. The predicted molar refractivity (Wildman–Crippen MR) is 76.6 cm³/mol. The second kappa shape index (κ2) is 4.81. The van der Waals surface area contributed by atoms with E-state index in [1.54, 1.807) is 11.3 Å². The second-order valence-corrected chi connectivity index (χ2v) is 6.30. The Labute approximate surface area is 115 Å². The van der Waals surface area contributed by atoms with Gasteiger partial charge in [0, 0.05) is 6.54 Å². The van der Waals surface area contributed by atoms with Crippen molar-refractivity contribution in [2.24, 2.45) is 5.41 Å². The Morgan fingerprint density at radius 1 is 1.42 bits per heavy atom. The van der Waals surface area contributed by atoms with E-state index < -0.39 is 5.97 Å². The van der Waals surface area contributed by atoms with Gasteiger partial charge in [0.2, 0.25) is 0 Å². The molecule has 0 radical (unpaired) electrons. The SMILES string of the molecule is O=C(O)CC1(CNc2nc3ccccc3s2)CCC1. The molecule has 1 aromatic carbocycles. The highest BCUT2D eigenvalue weighted by Gasteiger charge is 2.38. The standard InChI is InChI=1S/C14H16N2O2S/c17-12(18)8-14(6-3-7-14)9-15-13-16-10-4-1-2-5-11(10)19-13/h1-2,4-5H,3,6-9H2,(H,15,16)(H,17,18). The number of benzene rings is 1. The molecule has 1 aromatic heterocycles. The maximum Gasteiger partial charge on any atom is 0.303 e. The Kier molecular flexibility index (Phi) is 3.14. The van der Waals surface area contributed by atoms with Crippen LogP contribution in [0.5, 0.6) is 0 Å². The highest BCUT2D eigenvalue weighted by Crippen LogP contribution is 2.44. The Balaban J connectivity index is 1.69. The first-order valence-corrected chi connectivity index (χ1v) is 7.30. The van der Waals surface area contributed by atoms with E-state index in [1.165, 1.54) is 0 Å². The average Bonchev–Trinajstić information content (AvgIpc) is 2.74. The molecule has 0 atom stereocenters. The van der Waals surface area contributed by atoms with Crippen LogP contribution in [-0.2, 0) is 4.79 Å². The molecule has 1 fully saturated rings. The van der Waals surface area contributed by atoms with Crippen LogP contribution in [-0.4, -0.2) is 22.6 Å². The number of rotatable bonds is 5. The zero-order valence-electron chi connectivity index (χ0n) is 10.6. The maximum atomic E-state index is 10.9. The largest absolute Gasteiger partial charge is 0.481 e. The van der Waals surface area contributed by atoms with Crippen LogP contribution in [0.4, 0.5) is 5.13 Å².